The van der Waals surface area contributed by atoms with Gasteiger partial charge in [0.25, 0.3) is 11.5 Å². The van der Waals surface area contributed by atoms with E-state index in [1.807, 2.05) is 4.98 Å². The number of halogens is 1. The third-order valence-electron chi connectivity index (χ3n) is 2.63. The summed E-state index contributed by atoms with van der Waals surface area (Å²) in [6, 6.07) is 6.06. The average molecular weight is 301 g/mol. The number of benzene rings is 1. The summed E-state index contributed by atoms with van der Waals surface area (Å²) in [6.45, 7) is 0. The first-order valence-electron chi connectivity index (χ1n) is 6.04. The van der Waals surface area contributed by atoms with Crippen LogP contribution in [0, 0.1) is 5.82 Å². The molecule has 0 fully saturated rings. The summed E-state index contributed by atoms with van der Waals surface area (Å²) in [5, 5.41) is 11.0. The van der Waals surface area contributed by atoms with Crippen LogP contribution in [0.2, 0.25) is 0 Å². The van der Waals surface area contributed by atoms with Gasteiger partial charge in [0, 0.05) is 5.56 Å². The van der Waals surface area contributed by atoms with E-state index in [0.717, 1.165) is 0 Å². The molecule has 10 heteroatoms. The number of hydrogen-bond acceptors (Lipinski definition) is 7. The monoisotopic (exact) mass is 301 g/mol. The number of hydrogen-bond donors (Lipinski definition) is 3. The molecule has 3 aromatic rings. The fourth-order valence-electron chi connectivity index (χ4n) is 1.65. The highest BCUT2D eigenvalue weighted by molar-refractivity contribution is 5.80. The van der Waals surface area contributed by atoms with Gasteiger partial charge in [0.2, 0.25) is 0 Å². The van der Waals surface area contributed by atoms with Crippen molar-refractivity contribution >= 4 is 23.3 Å². The lowest BCUT2D eigenvalue weighted by Crippen LogP contribution is -2.23. The van der Waals surface area contributed by atoms with Gasteiger partial charge in [-0.2, -0.15) is 10.1 Å². The Labute approximate surface area is 121 Å². The van der Waals surface area contributed by atoms with Crippen LogP contribution < -0.4 is 16.7 Å². The molecule has 0 atom stereocenters. The minimum absolute atomic E-state index is 0.0349. The van der Waals surface area contributed by atoms with Gasteiger partial charge in [-0.3, -0.25) is 14.8 Å². The fraction of sp³-hybridized carbons (Fsp3) is 0. The number of nitrogens with zero attached hydrogens (tertiary/aromatic N) is 4. The van der Waals surface area contributed by atoms with Crippen molar-refractivity contribution < 1.29 is 4.39 Å². The lowest BCUT2D eigenvalue weighted by atomic mass is 10.2. The first kappa shape index (κ1) is 13.5. The van der Waals surface area contributed by atoms with Gasteiger partial charge in [0.05, 0.1) is 6.21 Å². The summed E-state index contributed by atoms with van der Waals surface area (Å²) in [6.07, 6.45) is 1.24. The fourth-order valence-corrected chi connectivity index (χ4v) is 1.65. The maximum absolute atomic E-state index is 13.4. The van der Waals surface area contributed by atoms with Gasteiger partial charge in [0.1, 0.15) is 5.82 Å². The molecule has 0 amide bonds. The SMILES string of the molecule is O=c1[nH]c(=O)c2nnc(NN=Cc3ccccc3F)nc2[nH]1. The molecule has 9 nitrogen and oxygen atoms in total. The van der Waals surface area contributed by atoms with Crippen LogP contribution in [-0.2, 0) is 0 Å². The maximum Gasteiger partial charge on any atom is 0.327 e. The van der Waals surface area contributed by atoms with Gasteiger partial charge in [-0.25, -0.2) is 14.6 Å². The molecule has 0 bridgehead atoms. The van der Waals surface area contributed by atoms with Crippen molar-refractivity contribution in [2.45, 2.75) is 0 Å². The summed E-state index contributed by atoms with van der Waals surface area (Å²) in [5.41, 5.74) is 1.16. The molecule has 0 saturated carbocycles. The molecule has 2 aromatic heterocycles. The summed E-state index contributed by atoms with van der Waals surface area (Å²) < 4.78 is 13.4. The Balaban J connectivity index is 1.87. The first-order valence-corrected chi connectivity index (χ1v) is 6.04. The molecule has 3 rings (SSSR count). The smallest absolute Gasteiger partial charge is 0.290 e. The van der Waals surface area contributed by atoms with E-state index in [1.165, 1.54) is 18.3 Å². The highest BCUT2D eigenvalue weighted by atomic mass is 19.1. The lowest BCUT2D eigenvalue weighted by Gasteiger charge is -1.99. The lowest BCUT2D eigenvalue weighted by molar-refractivity contribution is 0.626. The third kappa shape index (κ3) is 2.70. The van der Waals surface area contributed by atoms with Gasteiger partial charge < -0.3 is 0 Å². The van der Waals surface area contributed by atoms with Crippen LogP contribution in [-0.4, -0.2) is 31.4 Å². The maximum atomic E-state index is 13.4. The minimum atomic E-state index is -0.709. The van der Waals surface area contributed by atoms with Crippen molar-refractivity contribution in [1.82, 2.24) is 25.1 Å². The van der Waals surface area contributed by atoms with Crippen molar-refractivity contribution in [2.75, 3.05) is 5.43 Å². The van der Waals surface area contributed by atoms with E-state index in [2.05, 4.69) is 30.7 Å². The number of hydrazone groups is 1. The highest BCUT2D eigenvalue weighted by Crippen LogP contribution is 2.04. The van der Waals surface area contributed by atoms with Gasteiger partial charge in [-0.1, -0.05) is 18.2 Å². The number of fused-ring (bicyclic) bond motifs is 1. The van der Waals surface area contributed by atoms with Gasteiger partial charge in [-0.15, -0.1) is 10.2 Å². The number of H-pyrrole nitrogens is 2. The molecule has 22 heavy (non-hydrogen) atoms. The normalized spacial score (nSPS) is 11.1. The predicted molar refractivity (Wildman–Crippen MR) is 76.2 cm³/mol. The van der Waals surface area contributed by atoms with Crippen molar-refractivity contribution in [1.29, 1.82) is 0 Å². The molecule has 0 aliphatic heterocycles. The van der Waals surface area contributed by atoms with E-state index in [9.17, 15) is 14.0 Å². The topological polar surface area (TPSA) is 129 Å². The van der Waals surface area contributed by atoms with Crippen LogP contribution >= 0.6 is 0 Å². The summed E-state index contributed by atoms with van der Waals surface area (Å²) in [4.78, 5) is 30.8. The molecular formula is C12H8FN7O2. The molecule has 0 unspecified atom stereocenters. The molecular weight excluding hydrogens is 293 g/mol. The Kier molecular flexibility index (Phi) is 3.40. The minimum Gasteiger partial charge on any atom is -0.290 e. The molecule has 0 aliphatic rings. The second-order valence-electron chi connectivity index (χ2n) is 4.13. The largest absolute Gasteiger partial charge is 0.327 e. The van der Waals surface area contributed by atoms with E-state index >= 15 is 0 Å². The van der Waals surface area contributed by atoms with Crippen molar-refractivity contribution in [2.24, 2.45) is 5.10 Å². The Morgan fingerprint density at radius 1 is 1.18 bits per heavy atom. The molecule has 2 heterocycles. The molecule has 0 saturated heterocycles. The van der Waals surface area contributed by atoms with Crippen LogP contribution in [0.1, 0.15) is 5.56 Å². The quantitative estimate of drug-likeness (QED) is 0.461. The van der Waals surface area contributed by atoms with Crippen LogP contribution in [0.3, 0.4) is 0 Å². The van der Waals surface area contributed by atoms with Crippen molar-refractivity contribution in [3.63, 3.8) is 0 Å². The van der Waals surface area contributed by atoms with E-state index < -0.39 is 17.1 Å². The van der Waals surface area contributed by atoms with Crippen LogP contribution in [0.15, 0.2) is 39.0 Å². The standard InChI is InChI=1S/C12H8FN7O2/c13-7-4-2-1-3-6(7)5-14-19-11-15-9-8(18-20-11)10(21)17-12(22)16-9/h1-5H,(H3,15,16,17,19,20,21,22). The van der Waals surface area contributed by atoms with E-state index in [-0.39, 0.29) is 22.7 Å². The summed E-state index contributed by atoms with van der Waals surface area (Å²) in [5.74, 6) is -0.484. The number of aromatic nitrogens is 5. The van der Waals surface area contributed by atoms with Crippen LogP contribution in [0.4, 0.5) is 10.3 Å². The molecule has 3 N–H and O–H groups in total. The number of rotatable bonds is 3. The average Bonchev–Trinajstić information content (AvgIpc) is 2.48. The zero-order chi connectivity index (χ0) is 15.5. The second-order valence-corrected chi connectivity index (χ2v) is 4.13. The van der Waals surface area contributed by atoms with Gasteiger partial charge in [-0.05, 0) is 6.07 Å². The van der Waals surface area contributed by atoms with E-state index in [0.29, 0.717) is 0 Å². The Hall–Kier alpha value is -3.43. The number of aromatic amines is 2. The molecule has 0 radical (unpaired) electrons. The Bertz CT molecular complexity index is 979. The van der Waals surface area contributed by atoms with Gasteiger partial charge >= 0.3 is 5.69 Å². The van der Waals surface area contributed by atoms with Crippen LogP contribution in [0.5, 0.6) is 0 Å². The second kappa shape index (κ2) is 5.52. The molecule has 0 spiro atoms. The molecule has 1 aromatic carbocycles. The summed E-state index contributed by atoms with van der Waals surface area (Å²) >= 11 is 0. The van der Waals surface area contributed by atoms with Crippen molar-refractivity contribution in [3.8, 4) is 0 Å². The van der Waals surface area contributed by atoms with E-state index in [4.69, 9.17) is 0 Å². The zero-order valence-corrected chi connectivity index (χ0v) is 10.9. The highest BCUT2D eigenvalue weighted by Gasteiger charge is 2.06. The van der Waals surface area contributed by atoms with E-state index in [1.54, 1.807) is 12.1 Å². The zero-order valence-electron chi connectivity index (χ0n) is 10.9. The Morgan fingerprint density at radius 2 is 2.00 bits per heavy atom. The molecule has 110 valence electrons. The van der Waals surface area contributed by atoms with Crippen molar-refractivity contribution in [3.05, 3.63) is 56.5 Å². The predicted octanol–water partition coefficient (Wildman–Crippen LogP) is -0.0135. The first-order chi connectivity index (χ1) is 10.6. The summed E-state index contributed by atoms with van der Waals surface area (Å²) in [7, 11) is 0. The van der Waals surface area contributed by atoms with Gasteiger partial charge in [0.15, 0.2) is 11.2 Å². The number of anilines is 1. The van der Waals surface area contributed by atoms with Crippen LogP contribution in [0.25, 0.3) is 11.2 Å². The third-order valence-corrected chi connectivity index (χ3v) is 2.63. The molecule has 0 aliphatic carbocycles. The number of nitrogens with one attached hydrogen (secondary N) is 3. The Morgan fingerprint density at radius 3 is 2.82 bits per heavy atom.